The van der Waals surface area contributed by atoms with E-state index in [4.69, 9.17) is 0 Å². The Morgan fingerprint density at radius 3 is 2.11 bits per heavy atom. The van der Waals surface area contributed by atoms with Gasteiger partial charge in [-0.25, -0.2) is 0 Å². The van der Waals surface area contributed by atoms with Crippen molar-refractivity contribution in [3.63, 3.8) is 0 Å². The van der Waals surface area contributed by atoms with Gasteiger partial charge >= 0.3 is 0 Å². The summed E-state index contributed by atoms with van der Waals surface area (Å²) in [5, 5.41) is 11.3. The largest absolute Gasteiger partial charge is 0.507 e. The van der Waals surface area contributed by atoms with Gasteiger partial charge in [0.2, 0.25) is 0 Å². The molecule has 1 N–H and O–H groups in total. The molecule has 2 rings (SSSR count). The van der Waals surface area contributed by atoms with Crippen LogP contribution in [0.5, 0.6) is 5.75 Å². The first kappa shape index (κ1) is 23.3. The minimum Gasteiger partial charge on any atom is -0.507 e. The number of unbranched alkanes of at least 4 members (excludes halogenated alkanes) is 1. The molecule has 0 saturated heterocycles. The van der Waals surface area contributed by atoms with Crippen LogP contribution < -0.4 is 0 Å². The minimum absolute atomic E-state index is 0.0401. The zero-order chi connectivity index (χ0) is 20.9. The summed E-state index contributed by atoms with van der Waals surface area (Å²) in [7, 11) is 0. The Morgan fingerprint density at radius 1 is 0.964 bits per heavy atom. The Labute approximate surface area is 175 Å². The van der Waals surface area contributed by atoms with Crippen molar-refractivity contribution in [2.24, 2.45) is 0 Å². The molecular formula is C27H44O. The number of benzene rings is 1. The average molecular weight is 385 g/mol. The highest BCUT2D eigenvalue weighted by molar-refractivity contribution is 5.58. The summed E-state index contributed by atoms with van der Waals surface area (Å²) in [4.78, 5) is 0. The molecule has 1 aromatic rings. The number of phenolic OH excluding ortho intramolecular Hbond substituents is 1. The molecule has 158 valence electrons. The lowest BCUT2D eigenvalue weighted by molar-refractivity contribution is 0.390. The summed E-state index contributed by atoms with van der Waals surface area (Å²) in [6, 6.07) is 2.39. The predicted octanol–water partition coefficient (Wildman–Crippen LogP) is 8.24. The highest BCUT2D eigenvalue weighted by Gasteiger charge is 2.39. The Balaban J connectivity index is 2.76. The highest BCUT2D eigenvalue weighted by atomic mass is 16.3. The Bertz CT molecular complexity index is 629. The van der Waals surface area contributed by atoms with Crippen molar-refractivity contribution in [1.82, 2.24) is 0 Å². The van der Waals surface area contributed by atoms with E-state index in [0.717, 1.165) is 24.8 Å². The van der Waals surface area contributed by atoms with Crippen molar-refractivity contribution >= 4 is 0 Å². The highest BCUT2D eigenvalue weighted by Crippen LogP contribution is 2.52. The molecule has 0 heterocycles. The van der Waals surface area contributed by atoms with Gasteiger partial charge in [0, 0.05) is 11.0 Å². The fourth-order valence-corrected chi connectivity index (χ4v) is 5.42. The monoisotopic (exact) mass is 384 g/mol. The van der Waals surface area contributed by atoms with Crippen LogP contribution in [-0.4, -0.2) is 5.11 Å². The Hall–Kier alpha value is -0.980. The van der Waals surface area contributed by atoms with Crippen LogP contribution in [0.4, 0.5) is 0 Å². The molecule has 1 aliphatic carbocycles. The van der Waals surface area contributed by atoms with Crippen LogP contribution in [-0.2, 0) is 17.3 Å². The molecule has 0 aromatic heterocycles. The first-order valence-electron chi connectivity index (χ1n) is 11.9. The molecule has 1 unspecified atom stereocenters. The van der Waals surface area contributed by atoms with Gasteiger partial charge < -0.3 is 5.11 Å². The van der Waals surface area contributed by atoms with E-state index < -0.39 is 0 Å². The lowest BCUT2D eigenvalue weighted by atomic mass is 9.66. The quantitative estimate of drug-likeness (QED) is 0.430. The number of rotatable bonds is 10. The maximum Gasteiger partial charge on any atom is 0.123 e. The Kier molecular flexibility index (Phi) is 8.06. The summed E-state index contributed by atoms with van der Waals surface area (Å²) in [5.74, 6) is 1.12. The molecule has 1 aliphatic rings. The van der Waals surface area contributed by atoms with Crippen molar-refractivity contribution < 1.29 is 5.11 Å². The van der Waals surface area contributed by atoms with E-state index in [1.165, 1.54) is 61.6 Å². The van der Waals surface area contributed by atoms with Crippen LogP contribution in [0.15, 0.2) is 6.07 Å². The third kappa shape index (κ3) is 4.60. The van der Waals surface area contributed by atoms with Gasteiger partial charge in [0.15, 0.2) is 0 Å². The van der Waals surface area contributed by atoms with E-state index in [1.54, 1.807) is 0 Å². The average Bonchev–Trinajstić information content (AvgIpc) is 3.04. The second-order valence-electron chi connectivity index (χ2n) is 10.00. The SMILES string of the molecule is CCC[C]C(CCC)(CCC)c1cc(C(C)(C)C)c(O)c2c1CCC2CCC. The Morgan fingerprint density at radius 2 is 1.61 bits per heavy atom. The molecule has 1 atom stereocenters. The van der Waals surface area contributed by atoms with Gasteiger partial charge in [0.05, 0.1) is 0 Å². The van der Waals surface area contributed by atoms with Gasteiger partial charge in [-0.1, -0.05) is 80.2 Å². The molecule has 0 spiro atoms. The first-order valence-corrected chi connectivity index (χ1v) is 11.9. The molecule has 0 aliphatic heterocycles. The van der Waals surface area contributed by atoms with Crippen LogP contribution in [0.2, 0.25) is 0 Å². The standard InChI is InChI=1S/C27H44O/c1-8-12-18-27(16-10-3,17-11-4)22-19-23(26(5,6)7)25(28)24-20(13-9-2)14-15-21(22)24/h19-20,28H,8-17H2,1-7H3. The van der Waals surface area contributed by atoms with Crippen LogP contribution in [0.25, 0.3) is 0 Å². The van der Waals surface area contributed by atoms with Gasteiger partial charge in [-0.05, 0) is 73.0 Å². The maximum absolute atomic E-state index is 11.3. The summed E-state index contributed by atoms with van der Waals surface area (Å²) in [6.07, 6.45) is 15.6. The van der Waals surface area contributed by atoms with Crippen molar-refractivity contribution in [3.05, 3.63) is 34.7 Å². The second kappa shape index (κ2) is 9.68. The summed E-state index contributed by atoms with van der Waals surface area (Å²) < 4.78 is 0. The maximum atomic E-state index is 11.3. The van der Waals surface area contributed by atoms with Gasteiger partial charge in [-0.3, -0.25) is 0 Å². The smallest absolute Gasteiger partial charge is 0.123 e. The third-order valence-electron chi connectivity index (χ3n) is 6.63. The molecule has 1 heteroatoms. The number of aromatic hydroxyl groups is 1. The summed E-state index contributed by atoms with van der Waals surface area (Å²) in [5.41, 5.74) is 5.38. The number of phenols is 1. The zero-order valence-electron chi connectivity index (χ0n) is 19.7. The molecule has 0 amide bonds. The van der Waals surface area contributed by atoms with Gasteiger partial charge in [-0.15, -0.1) is 0 Å². The van der Waals surface area contributed by atoms with Gasteiger partial charge in [-0.2, -0.15) is 0 Å². The van der Waals surface area contributed by atoms with Crippen molar-refractivity contribution in [1.29, 1.82) is 0 Å². The topological polar surface area (TPSA) is 20.2 Å². The lowest BCUT2D eigenvalue weighted by Crippen LogP contribution is -2.29. The summed E-state index contributed by atoms with van der Waals surface area (Å²) in [6.45, 7) is 15.9. The fraction of sp³-hybridized carbons (Fsp3) is 0.741. The molecule has 2 radical (unpaired) electrons. The number of hydrogen-bond donors (Lipinski definition) is 1. The first-order chi connectivity index (χ1) is 13.3. The molecule has 28 heavy (non-hydrogen) atoms. The van der Waals surface area contributed by atoms with Crippen molar-refractivity contribution in [2.75, 3.05) is 0 Å². The van der Waals surface area contributed by atoms with E-state index in [-0.39, 0.29) is 10.8 Å². The molecule has 0 fully saturated rings. The van der Waals surface area contributed by atoms with Crippen molar-refractivity contribution in [3.8, 4) is 5.75 Å². The van der Waals surface area contributed by atoms with Crippen LogP contribution in [0, 0.1) is 6.42 Å². The third-order valence-corrected chi connectivity index (χ3v) is 6.63. The number of fused-ring (bicyclic) bond motifs is 1. The van der Waals surface area contributed by atoms with E-state index in [0.29, 0.717) is 11.7 Å². The predicted molar refractivity (Wildman–Crippen MR) is 122 cm³/mol. The lowest BCUT2D eigenvalue weighted by Gasteiger charge is -2.38. The van der Waals surface area contributed by atoms with Crippen LogP contribution in [0.3, 0.4) is 0 Å². The second-order valence-corrected chi connectivity index (χ2v) is 10.00. The number of hydrogen-bond acceptors (Lipinski definition) is 1. The molecule has 0 bridgehead atoms. The zero-order valence-corrected chi connectivity index (χ0v) is 19.7. The van der Waals surface area contributed by atoms with E-state index >= 15 is 0 Å². The molecule has 0 saturated carbocycles. The van der Waals surface area contributed by atoms with Gasteiger partial charge in [0.25, 0.3) is 0 Å². The minimum atomic E-state index is -0.0534. The van der Waals surface area contributed by atoms with E-state index in [2.05, 4.69) is 61.0 Å². The normalized spacial score (nSPS) is 17.2. The van der Waals surface area contributed by atoms with Crippen molar-refractivity contribution in [2.45, 2.75) is 129 Å². The van der Waals surface area contributed by atoms with Crippen LogP contribution >= 0.6 is 0 Å². The van der Waals surface area contributed by atoms with Gasteiger partial charge in [0.1, 0.15) is 5.75 Å². The molecule has 1 aromatic carbocycles. The summed E-state index contributed by atoms with van der Waals surface area (Å²) >= 11 is 0. The van der Waals surface area contributed by atoms with E-state index in [9.17, 15) is 5.11 Å². The van der Waals surface area contributed by atoms with Crippen LogP contribution in [0.1, 0.15) is 134 Å². The van der Waals surface area contributed by atoms with E-state index in [1.807, 2.05) is 0 Å². The fourth-order valence-electron chi connectivity index (χ4n) is 5.42. The molecule has 1 nitrogen and oxygen atoms in total. The molecular weight excluding hydrogens is 340 g/mol.